The summed E-state index contributed by atoms with van der Waals surface area (Å²) < 4.78 is 6.66. The lowest BCUT2D eigenvalue weighted by atomic mass is 10.1. The van der Waals surface area contributed by atoms with Gasteiger partial charge in [0, 0.05) is 42.9 Å². The molecule has 1 N–H and O–H groups in total. The van der Waals surface area contributed by atoms with Crippen LogP contribution < -0.4 is 10.2 Å². The number of morpholine rings is 1. The summed E-state index contributed by atoms with van der Waals surface area (Å²) in [4.78, 5) is 29.2. The molecule has 0 aliphatic carbocycles. The zero-order chi connectivity index (χ0) is 19.4. The maximum Gasteiger partial charge on any atom is 0.239 e. The van der Waals surface area contributed by atoms with Crippen molar-refractivity contribution in [2.75, 3.05) is 37.6 Å². The number of amides is 2. The standard InChI is InChI=1S/C20H28BrN3O3/c1-14-12-23(13-15(2)27-14)9-4-8-22-19(25)18-7-10-24(20(18)26)17-6-3-5-16(21)11-17/h3,5-6,11,14-15,18H,4,7-10,12-13H2,1-2H3,(H,22,25). The molecule has 148 valence electrons. The zero-order valence-corrected chi connectivity index (χ0v) is 17.6. The third-order valence-electron chi connectivity index (χ3n) is 5.09. The lowest BCUT2D eigenvalue weighted by molar-refractivity contribution is -0.132. The van der Waals surface area contributed by atoms with Crippen LogP contribution in [-0.2, 0) is 14.3 Å². The van der Waals surface area contributed by atoms with Gasteiger partial charge in [-0.2, -0.15) is 0 Å². The number of carbonyl (C=O) groups excluding carboxylic acids is 2. The van der Waals surface area contributed by atoms with Crippen molar-refractivity contribution in [1.29, 1.82) is 0 Å². The van der Waals surface area contributed by atoms with Crippen LogP contribution in [-0.4, -0.2) is 61.6 Å². The van der Waals surface area contributed by atoms with E-state index in [4.69, 9.17) is 4.74 Å². The first-order valence-corrected chi connectivity index (χ1v) is 10.5. The number of rotatable bonds is 6. The second-order valence-corrected chi connectivity index (χ2v) is 8.39. The van der Waals surface area contributed by atoms with E-state index in [1.54, 1.807) is 4.90 Å². The number of nitrogens with one attached hydrogen (secondary N) is 1. The minimum Gasteiger partial charge on any atom is -0.373 e. The molecular formula is C20H28BrN3O3. The first kappa shape index (κ1) is 20.3. The molecule has 0 spiro atoms. The van der Waals surface area contributed by atoms with Gasteiger partial charge in [0.05, 0.1) is 12.2 Å². The summed E-state index contributed by atoms with van der Waals surface area (Å²) in [5, 5.41) is 2.95. The number of carbonyl (C=O) groups is 2. The number of benzene rings is 1. The molecule has 0 radical (unpaired) electrons. The van der Waals surface area contributed by atoms with Crippen molar-refractivity contribution in [2.24, 2.45) is 5.92 Å². The number of anilines is 1. The summed E-state index contributed by atoms with van der Waals surface area (Å²) >= 11 is 3.43. The third kappa shape index (κ3) is 5.30. The van der Waals surface area contributed by atoms with Gasteiger partial charge in [-0.25, -0.2) is 0 Å². The summed E-state index contributed by atoms with van der Waals surface area (Å²) in [5.74, 6) is -0.838. The normalized spacial score (nSPS) is 26.4. The smallest absolute Gasteiger partial charge is 0.239 e. The Kier molecular flexibility index (Phi) is 6.89. The van der Waals surface area contributed by atoms with Crippen LogP contribution in [0.25, 0.3) is 0 Å². The van der Waals surface area contributed by atoms with Gasteiger partial charge in [-0.15, -0.1) is 0 Å². The molecular weight excluding hydrogens is 410 g/mol. The first-order valence-electron chi connectivity index (χ1n) is 9.66. The highest BCUT2D eigenvalue weighted by molar-refractivity contribution is 9.10. The molecule has 2 aliphatic heterocycles. The Bertz CT molecular complexity index is 674. The number of ether oxygens (including phenoxy) is 1. The molecule has 3 rings (SSSR count). The predicted octanol–water partition coefficient (Wildman–Crippen LogP) is 2.42. The van der Waals surface area contributed by atoms with Gasteiger partial charge in [-0.05, 0) is 44.9 Å². The molecule has 1 aromatic rings. The lowest BCUT2D eigenvalue weighted by Gasteiger charge is -2.35. The van der Waals surface area contributed by atoms with Gasteiger partial charge in [-0.1, -0.05) is 22.0 Å². The Morgan fingerprint density at radius 1 is 1.30 bits per heavy atom. The predicted molar refractivity (Wildman–Crippen MR) is 109 cm³/mol. The van der Waals surface area contributed by atoms with Crippen LogP contribution in [0, 0.1) is 5.92 Å². The van der Waals surface area contributed by atoms with Crippen molar-refractivity contribution in [3.63, 3.8) is 0 Å². The number of hydrogen-bond acceptors (Lipinski definition) is 4. The SMILES string of the molecule is CC1CN(CCCNC(=O)C2CCN(c3cccc(Br)c3)C2=O)CC(C)O1. The molecule has 2 saturated heterocycles. The highest BCUT2D eigenvalue weighted by Gasteiger charge is 2.37. The molecule has 0 saturated carbocycles. The maximum atomic E-state index is 12.6. The van der Waals surface area contributed by atoms with Gasteiger partial charge in [0.2, 0.25) is 11.8 Å². The first-order chi connectivity index (χ1) is 12.9. The van der Waals surface area contributed by atoms with Crippen molar-refractivity contribution >= 4 is 33.4 Å². The van der Waals surface area contributed by atoms with E-state index in [1.165, 1.54) is 0 Å². The Hall–Kier alpha value is -1.44. The van der Waals surface area contributed by atoms with E-state index in [0.717, 1.165) is 36.2 Å². The minimum atomic E-state index is -0.576. The van der Waals surface area contributed by atoms with Crippen LogP contribution in [0.4, 0.5) is 5.69 Å². The minimum absolute atomic E-state index is 0.110. The molecule has 3 unspecified atom stereocenters. The van der Waals surface area contributed by atoms with Gasteiger partial charge >= 0.3 is 0 Å². The summed E-state index contributed by atoms with van der Waals surface area (Å²) in [6.07, 6.45) is 1.95. The Morgan fingerprint density at radius 3 is 2.74 bits per heavy atom. The molecule has 2 fully saturated rings. The summed E-state index contributed by atoms with van der Waals surface area (Å²) in [5.41, 5.74) is 0.834. The van der Waals surface area contributed by atoms with Gasteiger partial charge in [0.25, 0.3) is 0 Å². The number of halogens is 1. The fourth-order valence-electron chi connectivity index (χ4n) is 3.93. The van der Waals surface area contributed by atoms with Crippen LogP contribution >= 0.6 is 15.9 Å². The van der Waals surface area contributed by atoms with E-state index in [1.807, 2.05) is 24.3 Å². The van der Waals surface area contributed by atoms with E-state index < -0.39 is 5.92 Å². The van der Waals surface area contributed by atoms with Crippen molar-refractivity contribution < 1.29 is 14.3 Å². The molecule has 3 atom stereocenters. The molecule has 6 nitrogen and oxygen atoms in total. The molecule has 2 heterocycles. The van der Waals surface area contributed by atoms with Crippen molar-refractivity contribution in [3.05, 3.63) is 28.7 Å². The molecule has 2 aliphatic rings. The lowest BCUT2D eigenvalue weighted by Crippen LogP contribution is -2.46. The molecule has 0 bridgehead atoms. The van der Waals surface area contributed by atoms with Crippen LogP contribution in [0.3, 0.4) is 0 Å². The van der Waals surface area contributed by atoms with Gasteiger partial charge in [0.15, 0.2) is 0 Å². The van der Waals surface area contributed by atoms with Crippen molar-refractivity contribution in [3.8, 4) is 0 Å². The quantitative estimate of drug-likeness (QED) is 0.548. The van der Waals surface area contributed by atoms with Gasteiger partial charge in [0.1, 0.15) is 5.92 Å². The summed E-state index contributed by atoms with van der Waals surface area (Å²) in [7, 11) is 0. The molecule has 7 heteroatoms. The van der Waals surface area contributed by atoms with Crippen LogP contribution in [0.1, 0.15) is 26.7 Å². The van der Waals surface area contributed by atoms with Crippen molar-refractivity contribution in [1.82, 2.24) is 10.2 Å². The fourth-order valence-corrected chi connectivity index (χ4v) is 4.32. The fraction of sp³-hybridized carbons (Fsp3) is 0.600. The average molecular weight is 438 g/mol. The average Bonchev–Trinajstić information content (AvgIpc) is 2.99. The Balaban J connectivity index is 1.43. The van der Waals surface area contributed by atoms with E-state index in [9.17, 15) is 9.59 Å². The number of nitrogens with zero attached hydrogens (tertiary/aromatic N) is 2. The van der Waals surface area contributed by atoms with Crippen LogP contribution in [0.2, 0.25) is 0 Å². The van der Waals surface area contributed by atoms with Crippen LogP contribution in [0.5, 0.6) is 0 Å². The third-order valence-corrected chi connectivity index (χ3v) is 5.58. The second-order valence-electron chi connectivity index (χ2n) is 7.47. The van der Waals surface area contributed by atoms with E-state index >= 15 is 0 Å². The van der Waals surface area contributed by atoms with E-state index in [0.29, 0.717) is 19.5 Å². The van der Waals surface area contributed by atoms with Crippen LogP contribution in [0.15, 0.2) is 28.7 Å². The van der Waals surface area contributed by atoms with Crippen molar-refractivity contribution in [2.45, 2.75) is 38.9 Å². The van der Waals surface area contributed by atoms with Gasteiger partial charge in [-0.3, -0.25) is 14.5 Å². The van der Waals surface area contributed by atoms with Gasteiger partial charge < -0.3 is 15.0 Å². The second kappa shape index (κ2) is 9.17. The number of hydrogen-bond donors (Lipinski definition) is 1. The molecule has 0 aromatic heterocycles. The summed E-state index contributed by atoms with van der Waals surface area (Å²) in [6.45, 7) is 8.15. The topological polar surface area (TPSA) is 61.9 Å². The monoisotopic (exact) mass is 437 g/mol. The zero-order valence-electron chi connectivity index (χ0n) is 16.0. The summed E-state index contributed by atoms with van der Waals surface area (Å²) in [6, 6.07) is 7.62. The molecule has 1 aromatic carbocycles. The Labute approximate surface area is 169 Å². The van der Waals surface area contributed by atoms with E-state index in [2.05, 4.69) is 40.0 Å². The largest absolute Gasteiger partial charge is 0.373 e. The van der Waals surface area contributed by atoms with E-state index in [-0.39, 0.29) is 24.0 Å². The molecule has 2 amide bonds. The molecule has 27 heavy (non-hydrogen) atoms. The highest BCUT2D eigenvalue weighted by Crippen LogP contribution is 2.27. The maximum absolute atomic E-state index is 12.6. The highest BCUT2D eigenvalue weighted by atomic mass is 79.9. The Morgan fingerprint density at radius 2 is 2.04 bits per heavy atom.